The van der Waals surface area contributed by atoms with Gasteiger partial charge in [-0.1, -0.05) is 29.8 Å². The fourth-order valence-electron chi connectivity index (χ4n) is 5.01. The van der Waals surface area contributed by atoms with Crippen LogP contribution in [-0.4, -0.2) is 30.0 Å². The van der Waals surface area contributed by atoms with Gasteiger partial charge in [0.1, 0.15) is 11.5 Å². The van der Waals surface area contributed by atoms with Gasteiger partial charge in [-0.2, -0.15) is 13.2 Å². The van der Waals surface area contributed by atoms with Crippen molar-refractivity contribution in [3.8, 4) is 0 Å². The predicted octanol–water partition coefficient (Wildman–Crippen LogP) is 6.77. The molecule has 1 aromatic heterocycles. The summed E-state index contributed by atoms with van der Waals surface area (Å²) in [5.74, 6) is -0.507. The standard InChI is InChI=1S/C27H24ClF4N3O/c1-35(24-14-25(27(30,31)32)34-23-11-6-15(28)12-21(23)24)17-9-7-16(8-10-17)33-26(36)20-13-19(20)18-4-2-3-5-22(18)29/h2-6,11-12,14,16-17H,7-10,13H2,1H3,(H,33,36)/t16-,17+. The zero-order valence-electron chi connectivity index (χ0n) is 19.5. The molecule has 0 radical (unpaired) electrons. The number of amides is 1. The number of fused-ring (bicyclic) bond motifs is 1. The van der Waals surface area contributed by atoms with E-state index in [0.717, 1.165) is 11.6 Å². The number of carbonyl (C=O) groups excluding carboxylic acids is 1. The number of benzene rings is 2. The summed E-state index contributed by atoms with van der Waals surface area (Å²) in [6, 6.07) is 12.1. The molecule has 1 amide bonds. The van der Waals surface area contributed by atoms with Gasteiger partial charge in [-0.05, 0) is 61.6 Å². The number of anilines is 1. The minimum Gasteiger partial charge on any atom is -0.371 e. The highest BCUT2D eigenvalue weighted by Crippen LogP contribution is 2.41. The molecule has 1 fully saturated rings. The van der Waals surface area contributed by atoms with Crippen molar-refractivity contribution < 1.29 is 22.4 Å². The molecular weight excluding hydrogens is 494 g/mol. The zero-order chi connectivity index (χ0) is 25.6. The number of halogens is 5. The maximum absolute atomic E-state index is 14.0. The predicted molar refractivity (Wildman–Crippen MR) is 132 cm³/mol. The summed E-state index contributed by atoms with van der Waals surface area (Å²) in [5, 5.41) is 4.04. The SMILES string of the molecule is CN(c1cc(C(F)(F)F)nc2ccc(Cl)cc12)[C@H]1CC[C@@H](NC(=O)C2=C(c3ccccc3F)C2)CC1. The second-order valence-corrected chi connectivity index (χ2v) is 9.83. The van der Waals surface area contributed by atoms with Crippen LogP contribution in [0.2, 0.25) is 5.02 Å². The number of pyridine rings is 1. The molecule has 9 heteroatoms. The van der Waals surface area contributed by atoms with Crippen LogP contribution in [0.25, 0.3) is 16.5 Å². The quantitative estimate of drug-likeness (QED) is 0.380. The minimum absolute atomic E-state index is 0.00191. The third-order valence-corrected chi connectivity index (χ3v) is 7.30. The van der Waals surface area contributed by atoms with Crippen LogP contribution >= 0.6 is 11.6 Å². The topological polar surface area (TPSA) is 45.2 Å². The molecule has 0 saturated heterocycles. The second-order valence-electron chi connectivity index (χ2n) is 9.39. The van der Waals surface area contributed by atoms with E-state index in [4.69, 9.17) is 11.6 Å². The van der Waals surface area contributed by atoms with Crippen molar-refractivity contribution in [2.24, 2.45) is 0 Å². The van der Waals surface area contributed by atoms with Crippen LogP contribution in [0.3, 0.4) is 0 Å². The molecule has 1 N–H and O–H groups in total. The number of rotatable bonds is 5. The van der Waals surface area contributed by atoms with E-state index in [1.165, 1.54) is 18.2 Å². The first-order valence-corrected chi connectivity index (χ1v) is 12.2. The molecule has 2 aliphatic carbocycles. The first-order valence-electron chi connectivity index (χ1n) is 11.8. The van der Waals surface area contributed by atoms with Crippen molar-refractivity contribution in [3.05, 3.63) is 76.2 Å². The van der Waals surface area contributed by atoms with Gasteiger partial charge in [0.15, 0.2) is 0 Å². The second kappa shape index (κ2) is 9.39. The van der Waals surface area contributed by atoms with Gasteiger partial charge in [0.2, 0.25) is 5.91 Å². The number of allylic oxidation sites excluding steroid dienone is 1. The normalized spacial score (nSPS) is 19.9. The molecule has 0 unspecified atom stereocenters. The highest BCUT2D eigenvalue weighted by molar-refractivity contribution is 6.31. The largest absolute Gasteiger partial charge is 0.433 e. The summed E-state index contributed by atoms with van der Waals surface area (Å²) in [4.78, 5) is 18.3. The lowest BCUT2D eigenvalue weighted by Gasteiger charge is -2.37. The van der Waals surface area contributed by atoms with E-state index in [0.29, 0.717) is 59.3 Å². The third-order valence-electron chi connectivity index (χ3n) is 7.06. The molecule has 1 heterocycles. The highest BCUT2D eigenvalue weighted by Gasteiger charge is 2.36. The number of alkyl halides is 3. The average molecular weight is 518 g/mol. The van der Waals surface area contributed by atoms with Gasteiger partial charge < -0.3 is 10.2 Å². The van der Waals surface area contributed by atoms with E-state index < -0.39 is 11.9 Å². The molecule has 1 saturated carbocycles. The lowest BCUT2D eigenvalue weighted by atomic mass is 9.89. The minimum atomic E-state index is -4.57. The monoisotopic (exact) mass is 517 g/mol. The number of aromatic nitrogens is 1. The molecule has 2 aromatic carbocycles. The van der Waals surface area contributed by atoms with Crippen molar-refractivity contribution >= 4 is 39.7 Å². The lowest BCUT2D eigenvalue weighted by molar-refractivity contribution is -0.140. The molecule has 36 heavy (non-hydrogen) atoms. The van der Waals surface area contributed by atoms with Gasteiger partial charge in [-0.3, -0.25) is 4.79 Å². The Bertz CT molecular complexity index is 1360. The molecule has 4 nitrogen and oxygen atoms in total. The Kier molecular flexibility index (Phi) is 6.41. The van der Waals surface area contributed by atoms with Crippen molar-refractivity contribution in [1.29, 1.82) is 0 Å². The summed E-state index contributed by atoms with van der Waals surface area (Å²) >= 11 is 6.13. The van der Waals surface area contributed by atoms with Gasteiger partial charge in [0.25, 0.3) is 0 Å². The maximum Gasteiger partial charge on any atom is 0.433 e. The van der Waals surface area contributed by atoms with Gasteiger partial charge in [0, 0.05) is 52.8 Å². The molecule has 0 bridgehead atoms. The lowest BCUT2D eigenvalue weighted by Crippen LogP contribution is -2.42. The van der Waals surface area contributed by atoms with Crippen LogP contribution < -0.4 is 10.2 Å². The van der Waals surface area contributed by atoms with Crippen molar-refractivity contribution in [2.45, 2.75) is 50.4 Å². The Hall–Kier alpha value is -3.13. The van der Waals surface area contributed by atoms with Crippen LogP contribution in [-0.2, 0) is 11.0 Å². The Morgan fingerprint density at radius 1 is 1.08 bits per heavy atom. The maximum atomic E-state index is 14.0. The zero-order valence-corrected chi connectivity index (χ0v) is 20.3. The van der Waals surface area contributed by atoms with E-state index >= 15 is 0 Å². The number of hydrogen-bond acceptors (Lipinski definition) is 3. The summed E-state index contributed by atoms with van der Waals surface area (Å²) < 4.78 is 54.5. The van der Waals surface area contributed by atoms with Gasteiger partial charge in [-0.15, -0.1) is 0 Å². The molecule has 2 aliphatic rings. The fourth-order valence-corrected chi connectivity index (χ4v) is 5.18. The van der Waals surface area contributed by atoms with Crippen LogP contribution in [0.1, 0.15) is 43.4 Å². The average Bonchev–Trinajstić information content (AvgIpc) is 3.64. The summed E-state index contributed by atoms with van der Waals surface area (Å²) in [6.07, 6.45) is -1.30. The number of hydrogen-bond donors (Lipinski definition) is 1. The summed E-state index contributed by atoms with van der Waals surface area (Å²) in [6.45, 7) is 0. The molecule has 188 valence electrons. The van der Waals surface area contributed by atoms with Gasteiger partial charge >= 0.3 is 6.18 Å². The molecule has 0 atom stereocenters. The molecule has 0 spiro atoms. The first-order chi connectivity index (χ1) is 17.1. The number of nitrogens with zero attached hydrogens (tertiary/aromatic N) is 2. The van der Waals surface area contributed by atoms with E-state index in [1.807, 2.05) is 4.90 Å². The number of carbonyl (C=O) groups is 1. The Labute approximate surface area is 211 Å². The Balaban J connectivity index is 1.27. The van der Waals surface area contributed by atoms with Gasteiger partial charge in [-0.25, -0.2) is 9.37 Å². The summed E-state index contributed by atoms with van der Waals surface area (Å²) in [7, 11) is 1.79. The Morgan fingerprint density at radius 2 is 1.81 bits per heavy atom. The highest BCUT2D eigenvalue weighted by atomic mass is 35.5. The van der Waals surface area contributed by atoms with Crippen molar-refractivity contribution in [1.82, 2.24) is 10.3 Å². The first kappa shape index (κ1) is 24.6. The summed E-state index contributed by atoms with van der Waals surface area (Å²) in [5.41, 5.74) is 1.54. The fraction of sp³-hybridized carbons (Fsp3) is 0.333. The van der Waals surface area contributed by atoms with Crippen molar-refractivity contribution in [3.63, 3.8) is 0 Å². The third kappa shape index (κ3) is 4.91. The van der Waals surface area contributed by atoms with Crippen molar-refractivity contribution in [2.75, 3.05) is 11.9 Å². The van der Waals surface area contributed by atoms with E-state index in [-0.39, 0.29) is 29.3 Å². The molecule has 5 rings (SSSR count). The van der Waals surface area contributed by atoms with E-state index in [9.17, 15) is 22.4 Å². The van der Waals surface area contributed by atoms with Crippen LogP contribution in [0, 0.1) is 5.82 Å². The van der Waals surface area contributed by atoms with E-state index in [2.05, 4.69) is 10.3 Å². The van der Waals surface area contributed by atoms with Crippen LogP contribution in [0.15, 0.2) is 54.1 Å². The van der Waals surface area contributed by atoms with Crippen LogP contribution in [0.5, 0.6) is 0 Å². The van der Waals surface area contributed by atoms with E-state index in [1.54, 1.807) is 31.3 Å². The smallest absolute Gasteiger partial charge is 0.371 e. The van der Waals surface area contributed by atoms with Crippen LogP contribution in [0.4, 0.5) is 23.2 Å². The van der Waals surface area contributed by atoms with Gasteiger partial charge in [0.05, 0.1) is 5.52 Å². The molecular formula is C27H24ClF4N3O. The Morgan fingerprint density at radius 3 is 2.50 bits per heavy atom. The number of nitrogens with one attached hydrogen (secondary N) is 1. The molecule has 3 aromatic rings. The molecule has 0 aliphatic heterocycles.